The van der Waals surface area contributed by atoms with Crippen LogP contribution in [-0.2, 0) is 14.3 Å². The third kappa shape index (κ3) is 3.41. The van der Waals surface area contributed by atoms with Gasteiger partial charge in [0, 0.05) is 12.8 Å². The highest BCUT2D eigenvalue weighted by Crippen LogP contribution is 2.22. The van der Waals surface area contributed by atoms with Crippen LogP contribution in [0.25, 0.3) is 0 Å². The molecule has 3 nitrogen and oxygen atoms in total. The molecule has 1 rings (SSSR count). The van der Waals surface area contributed by atoms with Gasteiger partial charge in [-0.2, -0.15) is 0 Å². The summed E-state index contributed by atoms with van der Waals surface area (Å²) in [6.07, 6.45) is 0. The summed E-state index contributed by atoms with van der Waals surface area (Å²) in [5.74, 6) is -0.741. The lowest BCUT2D eigenvalue weighted by Crippen LogP contribution is -2.18. The number of benzene rings is 1. The lowest BCUT2D eigenvalue weighted by Gasteiger charge is -2.15. The maximum Gasteiger partial charge on any atom is 0.303 e. The molecule has 1 unspecified atom stereocenters. The molecule has 1 aromatic rings. The molecule has 0 heterocycles. The summed E-state index contributed by atoms with van der Waals surface area (Å²) in [5.41, 5.74) is 3.29. The molecule has 0 radical (unpaired) electrons. The molecule has 0 amide bonds. The Morgan fingerprint density at radius 2 is 1.94 bits per heavy atom. The van der Waals surface area contributed by atoms with Crippen molar-refractivity contribution in [3.8, 4) is 0 Å². The van der Waals surface area contributed by atoms with E-state index in [1.165, 1.54) is 6.92 Å². The fourth-order valence-electron chi connectivity index (χ4n) is 1.71. The number of ether oxygens (including phenoxy) is 1. The van der Waals surface area contributed by atoms with Crippen molar-refractivity contribution in [1.29, 1.82) is 0 Å². The van der Waals surface area contributed by atoms with Gasteiger partial charge in [-0.15, -0.1) is 0 Å². The average Bonchev–Trinajstić information content (AvgIpc) is 2.28. The monoisotopic (exact) mass is 234 g/mol. The van der Waals surface area contributed by atoms with Crippen LogP contribution in [0.1, 0.15) is 36.5 Å². The van der Waals surface area contributed by atoms with E-state index in [0.717, 1.165) is 16.7 Å². The minimum Gasteiger partial charge on any atom is -0.458 e. The van der Waals surface area contributed by atoms with Gasteiger partial charge < -0.3 is 4.74 Å². The van der Waals surface area contributed by atoms with Crippen LogP contribution in [0.3, 0.4) is 0 Å². The Bertz CT molecular complexity index is 435. The van der Waals surface area contributed by atoms with Gasteiger partial charge in [-0.25, -0.2) is 0 Å². The van der Waals surface area contributed by atoms with E-state index in [9.17, 15) is 9.59 Å². The summed E-state index contributed by atoms with van der Waals surface area (Å²) in [4.78, 5) is 22.5. The molecule has 0 aliphatic rings. The zero-order chi connectivity index (χ0) is 13.0. The van der Waals surface area contributed by atoms with Crippen molar-refractivity contribution in [2.24, 2.45) is 0 Å². The predicted molar refractivity (Wildman–Crippen MR) is 66.0 cm³/mol. The Balaban J connectivity index is 2.81. The van der Waals surface area contributed by atoms with Gasteiger partial charge in [-0.05, 0) is 30.5 Å². The molecule has 0 saturated heterocycles. The van der Waals surface area contributed by atoms with Crippen molar-refractivity contribution in [3.63, 3.8) is 0 Å². The highest BCUT2D eigenvalue weighted by molar-refractivity contribution is 5.88. The van der Waals surface area contributed by atoms with Gasteiger partial charge >= 0.3 is 5.97 Å². The number of hydrogen-bond acceptors (Lipinski definition) is 3. The highest BCUT2D eigenvalue weighted by atomic mass is 16.5. The van der Waals surface area contributed by atoms with Crippen molar-refractivity contribution < 1.29 is 14.3 Å². The second-order valence-electron chi connectivity index (χ2n) is 4.26. The Morgan fingerprint density at radius 3 is 2.53 bits per heavy atom. The molecule has 1 atom stereocenters. The number of ketones is 1. The van der Waals surface area contributed by atoms with Gasteiger partial charge in [-0.1, -0.05) is 25.1 Å². The number of aryl methyl sites for hydroxylation is 1. The van der Waals surface area contributed by atoms with Crippen molar-refractivity contribution in [2.45, 2.75) is 33.6 Å². The van der Waals surface area contributed by atoms with Crippen LogP contribution in [0.5, 0.6) is 0 Å². The quantitative estimate of drug-likeness (QED) is 0.752. The molecule has 0 aliphatic heterocycles. The van der Waals surface area contributed by atoms with Crippen LogP contribution in [0, 0.1) is 13.8 Å². The smallest absolute Gasteiger partial charge is 0.303 e. The molecule has 0 N–H and O–H groups in total. The predicted octanol–water partition coefficient (Wildman–Crippen LogP) is 2.54. The van der Waals surface area contributed by atoms with Crippen molar-refractivity contribution in [3.05, 3.63) is 34.9 Å². The lowest BCUT2D eigenvalue weighted by atomic mass is 9.91. The maximum atomic E-state index is 11.8. The summed E-state index contributed by atoms with van der Waals surface area (Å²) >= 11 is 0. The maximum absolute atomic E-state index is 11.8. The molecule has 0 bridgehead atoms. The molecule has 0 aliphatic carbocycles. The van der Waals surface area contributed by atoms with Crippen LogP contribution >= 0.6 is 0 Å². The Labute approximate surface area is 102 Å². The standard InChI is InChI=1S/C14H18O3/c1-9-6-5-7-13(10(9)2)11(3)14(16)8-17-12(4)15/h5-7,11H,8H2,1-4H3. The van der Waals surface area contributed by atoms with Gasteiger partial charge in [0.25, 0.3) is 0 Å². The summed E-state index contributed by atoms with van der Waals surface area (Å²) in [7, 11) is 0. The van der Waals surface area contributed by atoms with Gasteiger partial charge in [-0.3, -0.25) is 9.59 Å². The molecule has 3 heteroatoms. The highest BCUT2D eigenvalue weighted by Gasteiger charge is 2.18. The van der Waals surface area contributed by atoms with E-state index in [2.05, 4.69) is 0 Å². The van der Waals surface area contributed by atoms with E-state index in [-0.39, 0.29) is 18.3 Å². The number of carbonyl (C=O) groups is 2. The molecule has 0 fully saturated rings. The van der Waals surface area contributed by atoms with Crippen molar-refractivity contribution >= 4 is 11.8 Å². The minimum atomic E-state index is -0.425. The first-order valence-electron chi connectivity index (χ1n) is 5.65. The first-order valence-corrected chi connectivity index (χ1v) is 5.65. The fourth-order valence-corrected chi connectivity index (χ4v) is 1.71. The molecular weight excluding hydrogens is 216 g/mol. The Hall–Kier alpha value is -1.64. The molecule has 0 spiro atoms. The summed E-state index contributed by atoms with van der Waals surface area (Å²) in [6.45, 7) is 7.01. The summed E-state index contributed by atoms with van der Waals surface area (Å²) < 4.78 is 4.73. The Morgan fingerprint density at radius 1 is 1.29 bits per heavy atom. The Kier molecular flexibility index (Phi) is 4.44. The van der Waals surface area contributed by atoms with Crippen LogP contribution in [0.2, 0.25) is 0 Å². The van der Waals surface area contributed by atoms with E-state index in [1.54, 1.807) is 0 Å². The third-order valence-corrected chi connectivity index (χ3v) is 3.01. The average molecular weight is 234 g/mol. The van der Waals surface area contributed by atoms with Gasteiger partial charge in [0.1, 0.15) is 0 Å². The molecular formula is C14H18O3. The van der Waals surface area contributed by atoms with Crippen molar-refractivity contribution in [2.75, 3.05) is 6.61 Å². The van der Waals surface area contributed by atoms with Crippen LogP contribution in [0.15, 0.2) is 18.2 Å². The summed E-state index contributed by atoms with van der Waals surface area (Å²) in [6, 6.07) is 5.90. The number of esters is 1. The van der Waals surface area contributed by atoms with Crippen LogP contribution in [0.4, 0.5) is 0 Å². The van der Waals surface area contributed by atoms with E-state index in [1.807, 2.05) is 39.0 Å². The van der Waals surface area contributed by atoms with Crippen molar-refractivity contribution in [1.82, 2.24) is 0 Å². The second kappa shape index (κ2) is 5.62. The van der Waals surface area contributed by atoms with E-state index >= 15 is 0 Å². The minimum absolute atomic E-state index is 0.0751. The van der Waals surface area contributed by atoms with E-state index in [4.69, 9.17) is 4.74 Å². The second-order valence-corrected chi connectivity index (χ2v) is 4.26. The molecule has 0 saturated carbocycles. The first kappa shape index (κ1) is 13.4. The van der Waals surface area contributed by atoms with E-state index in [0.29, 0.717) is 0 Å². The normalized spacial score (nSPS) is 12.0. The van der Waals surface area contributed by atoms with E-state index < -0.39 is 5.97 Å². The van der Waals surface area contributed by atoms with Gasteiger partial charge in [0.05, 0.1) is 0 Å². The van der Waals surface area contributed by atoms with Gasteiger partial charge in [0.15, 0.2) is 12.4 Å². The SMILES string of the molecule is CC(=O)OCC(=O)C(C)c1cccc(C)c1C. The lowest BCUT2D eigenvalue weighted by molar-refractivity contribution is -0.146. The van der Waals surface area contributed by atoms with Gasteiger partial charge in [0.2, 0.25) is 0 Å². The topological polar surface area (TPSA) is 43.4 Å². The molecule has 1 aromatic carbocycles. The number of carbonyl (C=O) groups excluding carboxylic acids is 2. The zero-order valence-electron chi connectivity index (χ0n) is 10.7. The third-order valence-electron chi connectivity index (χ3n) is 3.01. The number of hydrogen-bond donors (Lipinski definition) is 0. The van der Waals surface area contributed by atoms with Crippen LogP contribution in [-0.4, -0.2) is 18.4 Å². The van der Waals surface area contributed by atoms with Crippen LogP contribution < -0.4 is 0 Å². The molecule has 92 valence electrons. The fraction of sp³-hybridized carbons (Fsp3) is 0.429. The molecule has 17 heavy (non-hydrogen) atoms. The number of rotatable bonds is 4. The summed E-state index contributed by atoms with van der Waals surface area (Å²) in [5, 5.41) is 0. The zero-order valence-corrected chi connectivity index (χ0v) is 10.7. The molecule has 0 aromatic heterocycles. The number of Topliss-reactive ketones (excluding diaryl/α,β-unsaturated/α-hetero) is 1. The largest absolute Gasteiger partial charge is 0.458 e. The first-order chi connectivity index (χ1) is 7.93.